The molecule has 0 radical (unpaired) electrons. The Labute approximate surface area is 88.3 Å². The first-order chi connectivity index (χ1) is 6.90. The number of aromatic nitrogens is 1. The molecule has 1 N–H and O–H groups in total. The van der Waals surface area contributed by atoms with Gasteiger partial charge >= 0.3 is 0 Å². The lowest BCUT2D eigenvalue weighted by Gasteiger charge is -2.25. The molecule has 14 heavy (non-hydrogen) atoms. The van der Waals surface area contributed by atoms with Crippen LogP contribution >= 0.6 is 11.8 Å². The summed E-state index contributed by atoms with van der Waals surface area (Å²) in [5, 5.41) is 4.88. The molecule has 3 nitrogen and oxygen atoms in total. The van der Waals surface area contributed by atoms with Crippen molar-refractivity contribution in [1.29, 1.82) is 0 Å². The second-order valence-electron chi connectivity index (χ2n) is 3.28. The number of thioether (sulfide) groups is 1. The molecule has 1 aromatic rings. The molecule has 2 rings (SSSR count). The van der Waals surface area contributed by atoms with E-state index in [1.165, 1.54) is 5.56 Å². The summed E-state index contributed by atoms with van der Waals surface area (Å²) >= 11 is 1.82. The molecular formula is C10H14N2OS. The minimum absolute atomic E-state index is 0.598. The normalized spacial score (nSPS) is 16.6. The van der Waals surface area contributed by atoms with E-state index in [4.69, 9.17) is 4.74 Å². The van der Waals surface area contributed by atoms with Gasteiger partial charge in [0.1, 0.15) is 5.03 Å². The zero-order chi connectivity index (χ0) is 9.80. The van der Waals surface area contributed by atoms with Crippen LogP contribution in [-0.4, -0.2) is 30.5 Å². The third-order valence-corrected chi connectivity index (χ3v) is 3.30. The van der Waals surface area contributed by atoms with Crippen LogP contribution in [0.5, 0.6) is 0 Å². The molecule has 4 heteroatoms. The van der Waals surface area contributed by atoms with Gasteiger partial charge in [-0.15, -0.1) is 0 Å². The standard InChI is InChI=1S/C10H14N2OS/c1-11-5-8-3-2-4-12-10(8)14-9-6-13-7-9/h2-4,9,11H,5-7H2,1H3. The predicted molar refractivity (Wildman–Crippen MR) is 57.5 cm³/mol. The predicted octanol–water partition coefficient (Wildman–Crippen LogP) is 1.29. The van der Waals surface area contributed by atoms with Gasteiger partial charge in [0.2, 0.25) is 0 Å². The Balaban J connectivity index is 2.05. The topological polar surface area (TPSA) is 34.2 Å². The lowest BCUT2D eigenvalue weighted by molar-refractivity contribution is 0.0454. The summed E-state index contributed by atoms with van der Waals surface area (Å²) in [4.78, 5) is 4.39. The third-order valence-electron chi connectivity index (χ3n) is 2.10. The molecule has 0 aliphatic carbocycles. The van der Waals surface area contributed by atoms with Crippen molar-refractivity contribution in [3.63, 3.8) is 0 Å². The van der Waals surface area contributed by atoms with E-state index < -0.39 is 0 Å². The van der Waals surface area contributed by atoms with Gasteiger partial charge in [0, 0.05) is 12.7 Å². The van der Waals surface area contributed by atoms with Crippen molar-refractivity contribution < 1.29 is 4.74 Å². The highest BCUT2D eigenvalue weighted by molar-refractivity contribution is 8.00. The molecule has 1 saturated heterocycles. The van der Waals surface area contributed by atoms with Gasteiger partial charge in [-0.1, -0.05) is 17.8 Å². The van der Waals surface area contributed by atoms with Gasteiger partial charge in [-0.05, 0) is 18.7 Å². The summed E-state index contributed by atoms with van der Waals surface area (Å²) in [5.74, 6) is 0. The zero-order valence-corrected chi connectivity index (χ0v) is 9.01. The van der Waals surface area contributed by atoms with Crippen molar-refractivity contribution in [2.75, 3.05) is 20.3 Å². The summed E-state index contributed by atoms with van der Waals surface area (Å²) < 4.78 is 5.14. The van der Waals surface area contributed by atoms with E-state index in [0.29, 0.717) is 5.25 Å². The number of pyridine rings is 1. The Morgan fingerprint density at radius 1 is 1.64 bits per heavy atom. The zero-order valence-electron chi connectivity index (χ0n) is 8.19. The van der Waals surface area contributed by atoms with Crippen LogP contribution < -0.4 is 5.32 Å². The van der Waals surface area contributed by atoms with E-state index in [0.717, 1.165) is 24.8 Å². The van der Waals surface area contributed by atoms with Gasteiger partial charge in [-0.25, -0.2) is 4.98 Å². The molecule has 1 aliphatic rings. The fourth-order valence-electron chi connectivity index (χ4n) is 1.30. The van der Waals surface area contributed by atoms with Crippen LogP contribution in [0.1, 0.15) is 5.56 Å². The second kappa shape index (κ2) is 4.77. The van der Waals surface area contributed by atoms with Crippen LogP contribution in [-0.2, 0) is 11.3 Å². The minimum atomic E-state index is 0.598. The average Bonchev–Trinajstić information content (AvgIpc) is 2.14. The van der Waals surface area contributed by atoms with Crippen LogP contribution in [0.2, 0.25) is 0 Å². The molecule has 0 atom stereocenters. The molecule has 0 aromatic carbocycles. The van der Waals surface area contributed by atoms with E-state index in [1.807, 2.05) is 31.1 Å². The van der Waals surface area contributed by atoms with Crippen molar-refractivity contribution in [1.82, 2.24) is 10.3 Å². The molecule has 0 spiro atoms. The molecule has 0 unspecified atom stereocenters. The number of nitrogens with one attached hydrogen (secondary N) is 1. The Morgan fingerprint density at radius 2 is 2.50 bits per heavy atom. The monoisotopic (exact) mass is 210 g/mol. The molecule has 0 amide bonds. The third kappa shape index (κ3) is 2.26. The van der Waals surface area contributed by atoms with Gasteiger partial charge < -0.3 is 10.1 Å². The Bertz CT molecular complexity index is 302. The summed E-state index contributed by atoms with van der Waals surface area (Å²) in [5.41, 5.74) is 1.27. The largest absolute Gasteiger partial charge is 0.379 e. The van der Waals surface area contributed by atoms with Gasteiger partial charge in [-0.3, -0.25) is 0 Å². The lowest BCUT2D eigenvalue weighted by Crippen LogP contribution is -2.30. The molecule has 2 heterocycles. The second-order valence-corrected chi connectivity index (χ2v) is 4.56. The summed E-state index contributed by atoms with van der Waals surface area (Å²) in [7, 11) is 1.95. The van der Waals surface area contributed by atoms with E-state index in [-0.39, 0.29) is 0 Å². The first-order valence-corrected chi connectivity index (χ1v) is 5.61. The first kappa shape index (κ1) is 9.96. The molecule has 1 fully saturated rings. The molecule has 0 bridgehead atoms. The van der Waals surface area contributed by atoms with E-state index in [1.54, 1.807) is 0 Å². The van der Waals surface area contributed by atoms with Crippen LogP contribution in [0.3, 0.4) is 0 Å². The first-order valence-electron chi connectivity index (χ1n) is 4.73. The number of nitrogens with zero attached hydrogens (tertiary/aromatic N) is 1. The summed E-state index contributed by atoms with van der Waals surface area (Å²) in [6.07, 6.45) is 1.85. The highest BCUT2D eigenvalue weighted by Crippen LogP contribution is 2.28. The van der Waals surface area contributed by atoms with Gasteiger partial charge in [0.05, 0.1) is 18.5 Å². The van der Waals surface area contributed by atoms with Crippen molar-refractivity contribution in [2.24, 2.45) is 0 Å². The fourth-order valence-corrected chi connectivity index (χ4v) is 2.35. The highest BCUT2D eigenvalue weighted by Gasteiger charge is 2.21. The van der Waals surface area contributed by atoms with Crippen molar-refractivity contribution in [3.8, 4) is 0 Å². The number of hydrogen-bond acceptors (Lipinski definition) is 4. The maximum atomic E-state index is 5.14. The maximum Gasteiger partial charge on any atom is 0.101 e. The van der Waals surface area contributed by atoms with Crippen LogP contribution in [0.4, 0.5) is 0 Å². The summed E-state index contributed by atoms with van der Waals surface area (Å²) in [6.45, 7) is 2.60. The molecule has 1 aromatic heterocycles. The quantitative estimate of drug-likeness (QED) is 0.812. The SMILES string of the molecule is CNCc1cccnc1SC1COC1. The Hall–Kier alpha value is -0.580. The summed E-state index contributed by atoms with van der Waals surface area (Å²) in [6, 6.07) is 4.10. The maximum absolute atomic E-state index is 5.14. The average molecular weight is 210 g/mol. The van der Waals surface area contributed by atoms with Crippen LogP contribution in [0.25, 0.3) is 0 Å². The minimum Gasteiger partial charge on any atom is -0.379 e. The Kier molecular flexibility index (Phi) is 3.39. The highest BCUT2D eigenvalue weighted by atomic mass is 32.2. The van der Waals surface area contributed by atoms with Crippen LogP contribution in [0, 0.1) is 0 Å². The number of hydrogen-bond donors (Lipinski definition) is 1. The smallest absolute Gasteiger partial charge is 0.101 e. The number of ether oxygens (including phenoxy) is 1. The van der Waals surface area contributed by atoms with Crippen molar-refractivity contribution >= 4 is 11.8 Å². The fraction of sp³-hybridized carbons (Fsp3) is 0.500. The van der Waals surface area contributed by atoms with Gasteiger partial charge in [0.15, 0.2) is 0 Å². The molecule has 1 aliphatic heterocycles. The lowest BCUT2D eigenvalue weighted by atomic mass is 10.3. The van der Waals surface area contributed by atoms with E-state index >= 15 is 0 Å². The molecule has 76 valence electrons. The van der Waals surface area contributed by atoms with Crippen LogP contribution in [0.15, 0.2) is 23.4 Å². The number of rotatable bonds is 4. The van der Waals surface area contributed by atoms with Crippen molar-refractivity contribution in [2.45, 2.75) is 16.8 Å². The van der Waals surface area contributed by atoms with Gasteiger partial charge in [-0.2, -0.15) is 0 Å². The molecular weight excluding hydrogens is 196 g/mol. The van der Waals surface area contributed by atoms with Gasteiger partial charge in [0.25, 0.3) is 0 Å². The molecule has 0 saturated carbocycles. The van der Waals surface area contributed by atoms with E-state index in [9.17, 15) is 0 Å². The van der Waals surface area contributed by atoms with E-state index in [2.05, 4.69) is 16.4 Å². The van der Waals surface area contributed by atoms with Crippen molar-refractivity contribution in [3.05, 3.63) is 23.9 Å². The Morgan fingerprint density at radius 3 is 3.14 bits per heavy atom.